The van der Waals surface area contributed by atoms with Crippen LogP contribution in [-0.4, -0.2) is 53.6 Å². The van der Waals surface area contributed by atoms with Crippen LogP contribution in [0.2, 0.25) is 0 Å². The van der Waals surface area contributed by atoms with Crippen LogP contribution in [0.5, 0.6) is 0 Å². The number of hydrogen-bond acceptors (Lipinski definition) is 5. The molecule has 0 radical (unpaired) electrons. The molecule has 0 unspecified atom stereocenters. The minimum atomic E-state index is -0.538. The van der Waals surface area contributed by atoms with Gasteiger partial charge in [-0.25, -0.2) is 4.79 Å². The maximum absolute atomic E-state index is 12.2. The number of anilines is 1. The number of nitrogens with zero attached hydrogens (tertiary/aromatic N) is 1. The van der Waals surface area contributed by atoms with Crippen molar-refractivity contribution in [3.8, 4) is 0 Å². The molecule has 1 amide bonds. The molecule has 0 bridgehead atoms. The molecule has 1 fully saturated rings. The van der Waals surface area contributed by atoms with Gasteiger partial charge in [-0.05, 0) is 37.5 Å². The number of aryl methyl sites for hydroxylation is 1. The van der Waals surface area contributed by atoms with Gasteiger partial charge in [-0.15, -0.1) is 0 Å². The summed E-state index contributed by atoms with van der Waals surface area (Å²) in [7, 11) is 0. The van der Waals surface area contributed by atoms with Crippen molar-refractivity contribution in [2.75, 3.05) is 38.2 Å². The summed E-state index contributed by atoms with van der Waals surface area (Å²) in [5.74, 6) is -0.175. The van der Waals surface area contributed by atoms with E-state index in [1.54, 1.807) is 6.92 Å². The molecule has 1 aromatic heterocycles. The fraction of sp³-hybridized carbons (Fsp3) is 0.450. The predicted octanol–water partition coefficient (Wildman–Crippen LogP) is 0.818. The van der Waals surface area contributed by atoms with Crippen LogP contribution in [0.1, 0.15) is 23.2 Å². The molecular formula is C20H26N4O4. The molecular weight excluding hydrogens is 360 g/mol. The third kappa shape index (κ3) is 5.64. The minimum absolute atomic E-state index is 0.161. The second-order valence-corrected chi connectivity index (χ2v) is 6.96. The Morgan fingerprint density at radius 1 is 1.11 bits per heavy atom. The highest BCUT2D eigenvalue weighted by molar-refractivity contribution is 5.90. The number of nitrogens with one attached hydrogen (secondary N) is 3. The minimum Gasteiger partial charge on any atom is -0.379 e. The topological polar surface area (TPSA) is 107 Å². The lowest BCUT2D eigenvalue weighted by atomic mass is 10.1. The first kappa shape index (κ1) is 20.0. The Hall–Kier alpha value is -2.71. The van der Waals surface area contributed by atoms with Crippen LogP contribution in [0.3, 0.4) is 0 Å². The second-order valence-electron chi connectivity index (χ2n) is 6.96. The van der Waals surface area contributed by atoms with Crippen LogP contribution in [-0.2, 0) is 22.4 Å². The smallest absolute Gasteiger partial charge is 0.325 e. The van der Waals surface area contributed by atoms with Gasteiger partial charge in [-0.1, -0.05) is 12.1 Å². The molecule has 1 aromatic carbocycles. The molecule has 0 saturated carbocycles. The number of rotatable bonds is 7. The number of aromatic nitrogens is 2. The number of ether oxygens (including phenoxy) is 1. The van der Waals surface area contributed by atoms with Gasteiger partial charge in [0.05, 0.1) is 13.2 Å². The van der Waals surface area contributed by atoms with Crippen molar-refractivity contribution in [3.05, 3.63) is 61.9 Å². The molecule has 150 valence electrons. The molecule has 3 rings (SSSR count). The maximum Gasteiger partial charge on any atom is 0.325 e. The summed E-state index contributed by atoms with van der Waals surface area (Å²) in [4.78, 5) is 42.3. The van der Waals surface area contributed by atoms with Crippen LogP contribution in [0.25, 0.3) is 0 Å². The number of amides is 1. The van der Waals surface area contributed by atoms with Crippen molar-refractivity contribution in [1.29, 1.82) is 0 Å². The number of H-pyrrole nitrogens is 2. The van der Waals surface area contributed by atoms with E-state index in [0.29, 0.717) is 11.3 Å². The van der Waals surface area contributed by atoms with E-state index < -0.39 is 11.2 Å². The van der Waals surface area contributed by atoms with E-state index in [4.69, 9.17) is 4.74 Å². The lowest BCUT2D eigenvalue weighted by Crippen LogP contribution is -2.37. The third-order valence-electron chi connectivity index (χ3n) is 4.92. The van der Waals surface area contributed by atoms with E-state index in [2.05, 4.69) is 20.2 Å². The van der Waals surface area contributed by atoms with Gasteiger partial charge < -0.3 is 15.0 Å². The number of carbonyl (C=O) groups excluding carboxylic acids is 1. The summed E-state index contributed by atoms with van der Waals surface area (Å²) in [6.45, 7) is 6.21. The molecule has 2 aromatic rings. The predicted molar refractivity (Wildman–Crippen MR) is 107 cm³/mol. The summed E-state index contributed by atoms with van der Waals surface area (Å²) in [5.41, 5.74) is 1.88. The number of morpholine rings is 1. The highest BCUT2D eigenvalue weighted by Crippen LogP contribution is 2.12. The number of hydrogen-bond donors (Lipinski definition) is 3. The van der Waals surface area contributed by atoms with Gasteiger partial charge in [0.1, 0.15) is 0 Å². The molecule has 1 aliphatic heterocycles. The molecule has 1 aliphatic rings. The average Bonchev–Trinajstić information content (AvgIpc) is 2.67. The van der Waals surface area contributed by atoms with Gasteiger partial charge >= 0.3 is 5.69 Å². The second kappa shape index (κ2) is 9.48. The highest BCUT2D eigenvalue weighted by Gasteiger charge is 2.11. The molecule has 0 aliphatic carbocycles. The summed E-state index contributed by atoms with van der Waals surface area (Å²) in [6.07, 6.45) is 1.39. The molecule has 0 atom stereocenters. The molecule has 0 spiro atoms. The molecule has 8 heteroatoms. The third-order valence-corrected chi connectivity index (χ3v) is 4.92. The maximum atomic E-state index is 12.2. The van der Waals surface area contributed by atoms with Gasteiger partial charge in [0.15, 0.2) is 0 Å². The van der Waals surface area contributed by atoms with Crippen molar-refractivity contribution in [2.24, 2.45) is 0 Å². The van der Waals surface area contributed by atoms with Crippen LogP contribution in [0, 0.1) is 6.92 Å². The Labute approximate surface area is 162 Å². The van der Waals surface area contributed by atoms with Gasteiger partial charge in [0.25, 0.3) is 5.56 Å². The summed E-state index contributed by atoms with van der Waals surface area (Å²) in [5, 5.41) is 2.85. The normalized spacial score (nSPS) is 14.8. The SMILES string of the molecule is Cc1[nH]c(=O)[nH]c(=O)c1CCC(=O)Nc1ccc(CCN2CCOCC2)cc1. The lowest BCUT2D eigenvalue weighted by molar-refractivity contribution is -0.116. The van der Waals surface area contributed by atoms with E-state index in [0.717, 1.165) is 45.0 Å². The van der Waals surface area contributed by atoms with Crippen LogP contribution < -0.4 is 16.6 Å². The summed E-state index contributed by atoms with van der Waals surface area (Å²) < 4.78 is 5.35. The molecule has 28 heavy (non-hydrogen) atoms. The zero-order valence-electron chi connectivity index (χ0n) is 16.0. The number of aromatic amines is 2. The largest absolute Gasteiger partial charge is 0.379 e. The van der Waals surface area contributed by atoms with Crippen molar-refractivity contribution in [1.82, 2.24) is 14.9 Å². The Morgan fingerprint density at radius 3 is 2.50 bits per heavy atom. The van der Waals surface area contributed by atoms with E-state index in [9.17, 15) is 14.4 Å². The molecule has 2 heterocycles. The van der Waals surface area contributed by atoms with Crippen molar-refractivity contribution in [3.63, 3.8) is 0 Å². The van der Waals surface area contributed by atoms with Crippen molar-refractivity contribution < 1.29 is 9.53 Å². The Morgan fingerprint density at radius 2 is 1.82 bits per heavy atom. The fourth-order valence-electron chi connectivity index (χ4n) is 3.26. The van der Waals surface area contributed by atoms with Crippen LogP contribution >= 0.6 is 0 Å². The Bertz CT molecular complexity index is 911. The van der Waals surface area contributed by atoms with Gasteiger partial charge in [-0.2, -0.15) is 0 Å². The van der Waals surface area contributed by atoms with E-state index in [1.807, 2.05) is 24.3 Å². The van der Waals surface area contributed by atoms with E-state index in [-0.39, 0.29) is 18.7 Å². The zero-order valence-corrected chi connectivity index (χ0v) is 16.0. The van der Waals surface area contributed by atoms with Crippen molar-refractivity contribution in [2.45, 2.75) is 26.2 Å². The Kier molecular flexibility index (Phi) is 6.78. The number of carbonyl (C=O) groups is 1. The first-order chi connectivity index (χ1) is 13.5. The van der Waals surface area contributed by atoms with Crippen molar-refractivity contribution >= 4 is 11.6 Å². The monoisotopic (exact) mass is 386 g/mol. The van der Waals surface area contributed by atoms with Crippen LogP contribution in [0.4, 0.5) is 5.69 Å². The van der Waals surface area contributed by atoms with Crippen LogP contribution in [0.15, 0.2) is 33.9 Å². The first-order valence-corrected chi connectivity index (χ1v) is 9.52. The summed E-state index contributed by atoms with van der Waals surface area (Å²) >= 11 is 0. The highest BCUT2D eigenvalue weighted by atomic mass is 16.5. The zero-order chi connectivity index (χ0) is 19.9. The average molecular weight is 386 g/mol. The lowest BCUT2D eigenvalue weighted by Gasteiger charge is -2.26. The quantitative estimate of drug-likeness (QED) is 0.653. The van der Waals surface area contributed by atoms with Gasteiger partial charge in [-0.3, -0.25) is 19.5 Å². The summed E-state index contributed by atoms with van der Waals surface area (Å²) in [6, 6.07) is 7.83. The first-order valence-electron chi connectivity index (χ1n) is 9.52. The molecule has 8 nitrogen and oxygen atoms in total. The molecule has 1 saturated heterocycles. The fourth-order valence-corrected chi connectivity index (χ4v) is 3.26. The number of benzene rings is 1. The van der Waals surface area contributed by atoms with E-state index in [1.165, 1.54) is 5.56 Å². The van der Waals surface area contributed by atoms with Gasteiger partial charge in [0.2, 0.25) is 5.91 Å². The standard InChI is InChI=1S/C20H26N4O4/c1-14-17(19(26)23-20(27)21-14)6-7-18(25)22-16-4-2-15(3-5-16)8-9-24-10-12-28-13-11-24/h2-5H,6-13H2,1H3,(H,22,25)(H2,21,23,26,27). The Balaban J connectivity index is 1.47. The van der Waals surface area contributed by atoms with Gasteiger partial charge in [0, 0.05) is 43.0 Å². The molecule has 3 N–H and O–H groups in total. The van der Waals surface area contributed by atoms with E-state index >= 15 is 0 Å².